The third-order valence-corrected chi connectivity index (χ3v) is 4.33. The Labute approximate surface area is 110 Å². The van der Waals surface area contributed by atoms with E-state index in [2.05, 4.69) is 5.32 Å². The summed E-state index contributed by atoms with van der Waals surface area (Å²) in [4.78, 5) is 11.8. The lowest BCUT2D eigenvalue weighted by Gasteiger charge is -2.21. The van der Waals surface area contributed by atoms with Gasteiger partial charge in [-0.05, 0) is 30.7 Å². The number of benzene rings is 1. The molecule has 1 saturated heterocycles. The second kappa shape index (κ2) is 6.00. The number of aromatic hydroxyl groups is 2. The lowest BCUT2D eigenvalue weighted by atomic mass is 10.1. The van der Waals surface area contributed by atoms with Crippen LogP contribution in [0.1, 0.15) is 29.6 Å². The van der Waals surface area contributed by atoms with E-state index in [1.165, 1.54) is 31.0 Å². The van der Waals surface area contributed by atoms with Crippen LogP contribution in [0, 0.1) is 0 Å². The van der Waals surface area contributed by atoms with Crippen LogP contribution in [-0.2, 0) is 0 Å². The Hall–Kier alpha value is -1.36. The minimum atomic E-state index is -0.257. The highest BCUT2D eigenvalue weighted by Crippen LogP contribution is 2.24. The molecule has 0 bridgehead atoms. The molecule has 0 aliphatic carbocycles. The van der Waals surface area contributed by atoms with Crippen LogP contribution in [0.25, 0.3) is 0 Å². The van der Waals surface area contributed by atoms with Crippen molar-refractivity contribution in [1.29, 1.82) is 0 Å². The van der Waals surface area contributed by atoms with Crippen molar-refractivity contribution in [2.75, 3.05) is 12.3 Å². The first-order valence-electron chi connectivity index (χ1n) is 6.08. The predicted molar refractivity (Wildman–Crippen MR) is 72.2 cm³/mol. The van der Waals surface area contributed by atoms with Crippen molar-refractivity contribution in [1.82, 2.24) is 5.32 Å². The quantitative estimate of drug-likeness (QED) is 0.784. The van der Waals surface area contributed by atoms with Crippen LogP contribution in [-0.4, -0.2) is 33.7 Å². The summed E-state index contributed by atoms with van der Waals surface area (Å²) < 4.78 is 0. The molecule has 2 rings (SSSR count). The fourth-order valence-electron chi connectivity index (χ4n) is 2.00. The number of phenols is 2. The van der Waals surface area contributed by atoms with Crippen LogP contribution in [0.5, 0.6) is 11.5 Å². The highest BCUT2D eigenvalue weighted by atomic mass is 32.2. The van der Waals surface area contributed by atoms with Gasteiger partial charge in [0.1, 0.15) is 11.5 Å². The smallest absolute Gasteiger partial charge is 0.251 e. The Morgan fingerprint density at radius 3 is 2.61 bits per heavy atom. The highest BCUT2D eigenvalue weighted by molar-refractivity contribution is 7.99. The molecule has 4 nitrogen and oxygen atoms in total. The maximum atomic E-state index is 11.8. The largest absolute Gasteiger partial charge is 0.508 e. The number of hydrogen-bond donors (Lipinski definition) is 3. The minimum absolute atomic E-state index is 0.104. The van der Waals surface area contributed by atoms with Gasteiger partial charge < -0.3 is 15.5 Å². The molecule has 1 fully saturated rings. The van der Waals surface area contributed by atoms with Gasteiger partial charge in [-0.2, -0.15) is 11.8 Å². The van der Waals surface area contributed by atoms with Gasteiger partial charge in [-0.1, -0.05) is 6.42 Å². The minimum Gasteiger partial charge on any atom is -0.508 e. The van der Waals surface area contributed by atoms with E-state index in [0.717, 1.165) is 12.2 Å². The maximum absolute atomic E-state index is 11.8. The molecule has 1 aliphatic heterocycles. The second-order valence-electron chi connectivity index (χ2n) is 4.44. The van der Waals surface area contributed by atoms with Crippen molar-refractivity contribution in [3.8, 4) is 11.5 Å². The van der Waals surface area contributed by atoms with Gasteiger partial charge in [-0.3, -0.25) is 4.79 Å². The molecule has 1 heterocycles. The first-order valence-corrected chi connectivity index (χ1v) is 7.13. The Morgan fingerprint density at radius 2 is 2.00 bits per heavy atom. The van der Waals surface area contributed by atoms with Crippen LogP contribution >= 0.6 is 11.8 Å². The Morgan fingerprint density at radius 1 is 1.28 bits per heavy atom. The topological polar surface area (TPSA) is 69.6 Å². The van der Waals surface area contributed by atoms with E-state index in [1.54, 1.807) is 0 Å². The normalized spacial score (nSPS) is 19.4. The lowest BCUT2D eigenvalue weighted by molar-refractivity contribution is 0.0952. The molecule has 98 valence electrons. The molecule has 0 spiro atoms. The molecular formula is C13H17NO3S. The van der Waals surface area contributed by atoms with Crippen molar-refractivity contribution < 1.29 is 15.0 Å². The molecule has 1 aromatic carbocycles. The number of nitrogens with one attached hydrogen (secondary N) is 1. The molecule has 5 heteroatoms. The summed E-state index contributed by atoms with van der Waals surface area (Å²) in [6, 6.07) is 3.90. The van der Waals surface area contributed by atoms with Gasteiger partial charge in [-0.25, -0.2) is 0 Å². The van der Waals surface area contributed by atoms with E-state index >= 15 is 0 Å². The van der Waals surface area contributed by atoms with Crippen molar-refractivity contribution in [2.24, 2.45) is 0 Å². The zero-order valence-electron chi connectivity index (χ0n) is 10.1. The standard InChI is InChI=1S/C13H17NO3S/c15-10-5-9(6-11(16)7-10)13(17)14-8-12-3-1-2-4-18-12/h5-7,12,15-16H,1-4,8H2,(H,14,17). The van der Waals surface area contributed by atoms with Gasteiger partial charge in [-0.15, -0.1) is 0 Å². The van der Waals surface area contributed by atoms with Crippen LogP contribution in [0.15, 0.2) is 18.2 Å². The van der Waals surface area contributed by atoms with Gasteiger partial charge in [0.05, 0.1) is 0 Å². The van der Waals surface area contributed by atoms with E-state index in [-0.39, 0.29) is 23.0 Å². The first kappa shape index (κ1) is 13.1. The van der Waals surface area contributed by atoms with Crippen LogP contribution in [0.3, 0.4) is 0 Å². The molecule has 0 radical (unpaired) electrons. The van der Waals surface area contributed by atoms with E-state index in [1.807, 2.05) is 11.8 Å². The number of carbonyl (C=O) groups excluding carboxylic acids is 1. The Balaban J connectivity index is 1.90. The van der Waals surface area contributed by atoms with Gasteiger partial charge in [0.25, 0.3) is 5.91 Å². The molecule has 1 amide bonds. The summed E-state index contributed by atoms with van der Waals surface area (Å²) in [6.07, 6.45) is 3.62. The van der Waals surface area contributed by atoms with Crippen LogP contribution in [0.4, 0.5) is 0 Å². The van der Waals surface area contributed by atoms with Crippen LogP contribution in [0.2, 0.25) is 0 Å². The summed E-state index contributed by atoms with van der Waals surface area (Å²) >= 11 is 1.89. The number of amides is 1. The SMILES string of the molecule is O=C(NCC1CCCCS1)c1cc(O)cc(O)c1. The van der Waals surface area contributed by atoms with Gasteiger partial charge in [0, 0.05) is 23.4 Å². The zero-order valence-corrected chi connectivity index (χ0v) is 10.9. The first-order chi connectivity index (χ1) is 8.65. The summed E-state index contributed by atoms with van der Waals surface area (Å²) in [6.45, 7) is 0.639. The van der Waals surface area contributed by atoms with E-state index in [0.29, 0.717) is 11.8 Å². The fourth-order valence-corrected chi connectivity index (χ4v) is 3.24. The maximum Gasteiger partial charge on any atom is 0.251 e. The summed E-state index contributed by atoms with van der Waals surface area (Å²) in [5.74, 6) is 0.694. The van der Waals surface area contributed by atoms with Crippen molar-refractivity contribution >= 4 is 17.7 Å². The molecule has 0 saturated carbocycles. The summed E-state index contributed by atoms with van der Waals surface area (Å²) in [5.41, 5.74) is 0.285. The molecule has 1 aliphatic rings. The average molecular weight is 267 g/mol. The Kier molecular flexibility index (Phi) is 4.36. The van der Waals surface area contributed by atoms with Crippen molar-refractivity contribution in [2.45, 2.75) is 24.5 Å². The molecule has 1 unspecified atom stereocenters. The predicted octanol–water partition coefficient (Wildman–Crippen LogP) is 2.11. The third-order valence-electron chi connectivity index (χ3n) is 2.93. The average Bonchev–Trinajstić information content (AvgIpc) is 2.36. The lowest BCUT2D eigenvalue weighted by Crippen LogP contribution is -2.31. The summed E-state index contributed by atoms with van der Waals surface area (Å²) in [7, 11) is 0. The van der Waals surface area contributed by atoms with Gasteiger partial charge in [0.2, 0.25) is 0 Å². The molecule has 0 aromatic heterocycles. The van der Waals surface area contributed by atoms with Crippen molar-refractivity contribution in [3.63, 3.8) is 0 Å². The number of rotatable bonds is 3. The highest BCUT2D eigenvalue weighted by Gasteiger charge is 2.15. The van der Waals surface area contributed by atoms with E-state index in [4.69, 9.17) is 0 Å². The molecule has 18 heavy (non-hydrogen) atoms. The Bertz CT molecular complexity index is 410. The van der Waals surface area contributed by atoms with Crippen molar-refractivity contribution in [3.05, 3.63) is 23.8 Å². The van der Waals surface area contributed by atoms with Gasteiger partial charge >= 0.3 is 0 Å². The monoisotopic (exact) mass is 267 g/mol. The molecule has 1 aromatic rings. The fraction of sp³-hybridized carbons (Fsp3) is 0.462. The van der Waals surface area contributed by atoms with Gasteiger partial charge in [0.15, 0.2) is 0 Å². The number of carbonyl (C=O) groups is 1. The van der Waals surface area contributed by atoms with E-state index in [9.17, 15) is 15.0 Å². The number of thioether (sulfide) groups is 1. The molecule has 3 N–H and O–H groups in total. The second-order valence-corrected chi connectivity index (χ2v) is 5.84. The van der Waals surface area contributed by atoms with E-state index < -0.39 is 0 Å². The van der Waals surface area contributed by atoms with Crippen LogP contribution < -0.4 is 5.32 Å². The number of phenolic OH excluding ortho intramolecular Hbond substituents is 2. The number of hydrogen-bond acceptors (Lipinski definition) is 4. The third kappa shape index (κ3) is 3.57. The summed E-state index contributed by atoms with van der Waals surface area (Å²) in [5, 5.41) is 22.0. The zero-order chi connectivity index (χ0) is 13.0. The molecular weight excluding hydrogens is 250 g/mol. The molecule has 1 atom stereocenters.